The van der Waals surface area contributed by atoms with Crippen molar-refractivity contribution in [3.05, 3.63) is 32.5 Å². The third kappa shape index (κ3) is 2.89. The number of nitrogens with one attached hydrogen (secondary N) is 1. The molecule has 0 amide bonds. The van der Waals surface area contributed by atoms with E-state index in [2.05, 4.69) is 25.9 Å². The molecule has 1 aromatic carbocycles. The van der Waals surface area contributed by atoms with Crippen LogP contribution in [0.5, 0.6) is 11.5 Å². The summed E-state index contributed by atoms with van der Waals surface area (Å²) in [5.41, 5.74) is 0.140. The molecule has 0 saturated heterocycles. The maximum Gasteiger partial charge on any atom is 0.270 e. The zero-order chi connectivity index (χ0) is 15.6. The summed E-state index contributed by atoms with van der Waals surface area (Å²) in [6.07, 6.45) is 1.77. The zero-order valence-electron chi connectivity index (χ0n) is 11.1. The molecule has 2 rings (SSSR count). The van der Waals surface area contributed by atoms with E-state index in [1.807, 2.05) is 6.07 Å². The van der Waals surface area contributed by atoms with E-state index in [4.69, 9.17) is 10.00 Å². The van der Waals surface area contributed by atoms with Gasteiger partial charge in [0.05, 0.1) is 17.3 Å². The minimum Gasteiger partial charge on any atom is -0.503 e. The molecule has 1 heterocycles. The lowest BCUT2D eigenvalue weighted by Gasteiger charge is -2.10. The molecule has 0 saturated carbocycles. The van der Waals surface area contributed by atoms with Gasteiger partial charge in [-0.05, 0) is 34.3 Å². The minimum atomic E-state index is -0.505. The van der Waals surface area contributed by atoms with E-state index in [9.17, 15) is 9.90 Å². The Labute approximate surface area is 132 Å². The average molecular weight is 368 g/mol. The van der Waals surface area contributed by atoms with Crippen molar-refractivity contribution in [1.82, 2.24) is 9.97 Å². The molecular weight excluding hydrogens is 358 g/mol. The Morgan fingerprint density at radius 2 is 2.24 bits per heavy atom. The highest BCUT2D eigenvalue weighted by atomic mass is 79.9. The second-order valence-electron chi connectivity index (χ2n) is 3.92. The number of aromatic hydroxyl groups is 1. The molecule has 0 aliphatic heterocycles. The fraction of sp³-hybridized carbons (Fsp3) is 0.154. The van der Waals surface area contributed by atoms with Crippen LogP contribution in [0.2, 0.25) is 0 Å². The summed E-state index contributed by atoms with van der Waals surface area (Å²) in [6.45, 7) is 0. The molecule has 0 radical (unpaired) electrons. The molecule has 0 aliphatic carbocycles. The maximum absolute atomic E-state index is 11.9. The first kappa shape index (κ1) is 15.4. The molecule has 6 nitrogen and oxygen atoms in total. The van der Waals surface area contributed by atoms with Crippen LogP contribution in [0.15, 0.2) is 26.6 Å². The highest BCUT2D eigenvalue weighted by Gasteiger charge is 2.17. The van der Waals surface area contributed by atoms with Gasteiger partial charge in [-0.25, -0.2) is 4.98 Å². The van der Waals surface area contributed by atoms with Crippen molar-refractivity contribution >= 4 is 27.7 Å². The lowest BCUT2D eigenvalue weighted by atomic mass is 10.1. The molecule has 0 aliphatic rings. The fourth-order valence-electron chi connectivity index (χ4n) is 1.73. The second-order valence-corrected chi connectivity index (χ2v) is 5.57. The van der Waals surface area contributed by atoms with Crippen molar-refractivity contribution in [2.24, 2.45) is 0 Å². The SMILES string of the molecule is COc1cc(-c2nc(SC)[nH]c(=O)c2C#N)cc(Br)c1O. The fourth-order valence-corrected chi connectivity index (χ4v) is 2.55. The van der Waals surface area contributed by atoms with Gasteiger partial charge < -0.3 is 14.8 Å². The zero-order valence-corrected chi connectivity index (χ0v) is 13.5. The van der Waals surface area contributed by atoms with E-state index in [-0.39, 0.29) is 22.8 Å². The molecule has 108 valence electrons. The molecule has 8 heteroatoms. The van der Waals surface area contributed by atoms with Crippen LogP contribution in [0.1, 0.15) is 5.56 Å². The smallest absolute Gasteiger partial charge is 0.270 e. The summed E-state index contributed by atoms with van der Waals surface area (Å²) < 4.78 is 5.45. The maximum atomic E-state index is 11.9. The minimum absolute atomic E-state index is 0.0605. The van der Waals surface area contributed by atoms with Crippen LogP contribution in [-0.2, 0) is 0 Å². The normalized spacial score (nSPS) is 10.2. The van der Waals surface area contributed by atoms with Gasteiger partial charge in [-0.2, -0.15) is 5.26 Å². The van der Waals surface area contributed by atoms with Gasteiger partial charge in [0, 0.05) is 5.56 Å². The number of rotatable bonds is 3. The Morgan fingerprint density at radius 1 is 1.52 bits per heavy atom. The summed E-state index contributed by atoms with van der Waals surface area (Å²) in [5, 5.41) is 19.4. The Kier molecular flexibility index (Phi) is 4.55. The summed E-state index contributed by atoms with van der Waals surface area (Å²) in [4.78, 5) is 18.7. The van der Waals surface area contributed by atoms with Crippen LogP contribution >= 0.6 is 27.7 Å². The van der Waals surface area contributed by atoms with Crippen molar-refractivity contribution in [2.75, 3.05) is 13.4 Å². The van der Waals surface area contributed by atoms with Crippen molar-refractivity contribution in [3.63, 3.8) is 0 Å². The number of phenols is 1. The van der Waals surface area contributed by atoms with E-state index in [0.29, 0.717) is 15.2 Å². The lowest BCUT2D eigenvalue weighted by Crippen LogP contribution is -2.14. The van der Waals surface area contributed by atoms with Crippen LogP contribution in [0.25, 0.3) is 11.3 Å². The topological polar surface area (TPSA) is 99.0 Å². The Hall–Kier alpha value is -1.98. The Bertz CT molecular complexity index is 798. The third-order valence-corrected chi connectivity index (χ3v) is 3.91. The second kappa shape index (κ2) is 6.20. The summed E-state index contributed by atoms with van der Waals surface area (Å²) >= 11 is 4.46. The standard InChI is InChI=1S/C13H10BrN3O3S/c1-20-9-4-6(3-8(14)11(9)18)10-7(5-15)12(19)17-13(16-10)21-2/h3-4,18H,1-2H3,(H,16,17,19). The molecule has 1 aromatic heterocycles. The first-order chi connectivity index (χ1) is 10.0. The number of ether oxygens (including phenoxy) is 1. The monoisotopic (exact) mass is 367 g/mol. The van der Waals surface area contributed by atoms with Crippen LogP contribution in [0.4, 0.5) is 0 Å². The molecule has 0 atom stereocenters. The number of hydrogen-bond acceptors (Lipinski definition) is 6. The molecular formula is C13H10BrN3O3S. The number of thioether (sulfide) groups is 1. The molecule has 21 heavy (non-hydrogen) atoms. The summed E-state index contributed by atoms with van der Waals surface area (Å²) in [7, 11) is 1.41. The number of aromatic amines is 1. The van der Waals surface area contributed by atoms with Crippen LogP contribution in [0, 0.1) is 11.3 Å². The van der Waals surface area contributed by atoms with Crippen LogP contribution in [0.3, 0.4) is 0 Å². The number of nitrogens with zero attached hydrogens (tertiary/aromatic N) is 2. The molecule has 2 N–H and O–H groups in total. The predicted molar refractivity (Wildman–Crippen MR) is 82.7 cm³/mol. The predicted octanol–water partition coefficient (Wildman–Crippen LogP) is 2.51. The first-order valence-electron chi connectivity index (χ1n) is 5.67. The molecule has 0 spiro atoms. The van der Waals surface area contributed by atoms with Gasteiger partial charge in [0.25, 0.3) is 5.56 Å². The largest absolute Gasteiger partial charge is 0.503 e. The van der Waals surface area contributed by atoms with E-state index in [1.54, 1.807) is 12.3 Å². The van der Waals surface area contributed by atoms with Gasteiger partial charge in [0.2, 0.25) is 0 Å². The highest BCUT2D eigenvalue weighted by Crippen LogP contribution is 2.38. The molecule has 0 bridgehead atoms. The first-order valence-corrected chi connectivity index (χ1v) is 7.68. The van der Waals surface area contributed by atoms with Gasteiger partial charge in [-0.1, -0.05) is 11.8 Å². The molecule has 0 fully saturated rings. The number of phenolic OH excluding ortho intramolecular Hbond substituents is 1. The van der Waals surface area contributed by atoms with Crippen molar-refractivity contribution in [3.8, 4) is 28.8 Å². The van der Waals surface area contributed by atoms with Crippen LogP contribution < -0.4 is 10.3 Å². The summed E-state index contributed by atoms with van der Waals surface area (Å²) in [6, 6.07) is 4.95. The molecule has 2 aromatic rings. The van der Waals surface area contributed by atoms with E-state index >= 15 is 0 Å². The number of H-pyrrole nitrogens is 1. The quantitative estimate of drug-likeness (QED) is 0.638. The summed E-state index contributed by atoms with van der Waals surface area (Å²) in [5.74, 6) is 0.158. The number of halogens is 1. The van der Waals surface area contributed by atoms with E-state index in [0.717, 1.165) is 0 Å². The molecule has 0 unspecified atom stereocenters. The van der Waals surface area contributed by atoms with Gasteiger partial charge in [0.1, 0.15) is 11.6 Å². The average Bonchev–Trinajstić information content (AvgIpc) is 2.48. The van der Waals surface area contributed by atoms with Gasteiger partial charge >= 0.3 is 0 Å². The Morgan fingerprint density at radius 3 is 2.81 bits per heavy atom. The van der Waals surface area contributed by atoms with Gasteiger partial charge in [0.15, 0.2) is 16.7 Å². The number of nitriles is 1. The van der Waals surface area contributed by atoms with E-state index < -0.39 is 5.56 Å². The number of benzene rings is 1. The number of aromatic nitrogens is 2. The lowest BCUT2D eigenvalue weighted by molar-refractivity contribution is 0.372. The van der Waals surface area contributed by atoms with Gasteiger partial charge in [-0.3, -0.25) is 4.79 Å². The number of methoxy groups -OCH3 is 1. The van der Waals surface area contributed by atoms with Crippen molar-refractivity contribution in [1.29, 1.82) is 5.26 Å². The Balaban J connectivity index is 2.78. The highest BCUT2D eigenvalue weighted by molar-refractivity contribution is 9.10. The van der Waals surface area contributed by atoms with Crippen LogP contribution in [-0.4, -0.2) is 28.4 Å². The third-order valence-electron chi connectivity index (χ3n) is 2.72. The van der Waals surface area contributed by atoms with Crippen molar-refractivity contribution < 1.29 is 9.84 Å². The van der Waals surface area contributed by atoms with E-state index in [1.165, 1.54) is 24.9 Å². The van der Waals surface area contributed by atoms with Gasteiger partial charge in [-0.15, -0.1) is 0 Å². The number of hydrogen-bond donors (Lipinski definition) is 2. The van der Waals surface area contributed by atoms with Crippen molar-refractivity contribution in [2.45, 2.75) is 5.16 Å².